The number of hydrogen-bond acceptors (Lipinski definition) is 4. The molecule has 1 amide bonds. The molecule has 0 atom stereocenters. The van der Waals surface area contributed by atoms with Crippen molar-refractivity contribution in [1.29, 1.82) is 0 Å². The largest absolute Gasteiger partial charge is 0.355 e. The predicted molar refractivity (Wildman–Crippen MR) is 58.6 cm³/mol. The van der Waals surface area contributed by atoms with Gasteiger partial charge in [-0.2, -0.15) is 0 Å². The van der Waals surface area contributed by atoms with Crippen LogP contribution in [0.5, 0.6) is 0 Å². The van der Waals surface area contributed by atoms with Crippen molar-refractivity contribution in [2.24, 2.45) is 0 Å². The number of ether oxygens (including phenoxy) is 2. The van der Waals surface area contributed by atoms with Crippen molar-refractivity contribution in [3.05, 3.63) is 0 Å². The van der Waals surface area contributed by atoms with E-state index in [1.54, 1.807) is 14.2 Å². The molecule has 0 radical (unpaired) electrons. The van der Waals surface area contributed by atoms with Crippen molar-refractivity contribution in [3.8, 4) is 0 Å². The monoisotopic (exact) mass is 218 g/mol. The molecule has 5 heteroatoms. The number of methoxy groups -OCH3 is 2. The van der Waals surface area contributed by atoms with Gasteiger partial charge in [0.1, 0.15) is 0 Å². The van der Waals surface area contributed by atoms with Crippen LogP contribution in [0, 0.1) is 0 Å². The smallest absolute Gasteiger partial charge is 0.234 e. The Bertz CT molecular complexity index is 172. The van der Waals surface area contributed by atoms with E-state index in [0.717, 1.165) is 6.54 Å². The van der Waals surface area contributed by atoms with Crippen LogP contribution in [0.15, 0.2) is 0 Å². The number of hydrogen-bond donors (Lipinski definition) is 1. The van der Waals surface area contributed by atoms with Gasteiger partial charge in [-0.1, -0.05) is 6.92 Å². The highest BCUT2D eigenvalue weighted by Gasteiger charge is 2.13. The number of amides is 1. The lowest BCUT2D eigenvalue weighted by Crippen LogP contribution is -2.41. The Morgan fingerprint density at radius 3 is 2.33 bits per heavy atom. The molecular formula is C10H22N2O3. The molecule has 0 aliphatic carbocycles. The predicted octanol–water partition coefficient (Wildman–Crippen LogP) is 0.0633. The summed E-state index contributed by atoms with van der Waals surface area (Å²) in [4.78, 5) is 13.3. The van der Waals surface area contributed by atoms with Gasteiger partial charge in [0.2, 0.25) is 5.91 Å². The van der Waals surface area contributed by atoms with Crippen LogP contribution < -0.4 is 5.32 Å². The molecule has 5 nitrogen and oxygen atoms in total. The van der Waals surface area contributed by atoms with Gasteiger partial charge in [-0.3, -0.25) is 9.69 Å². The number of nitrogens with zero attached hydrogens (tertiary/aromatic N) is 1. The second-order valence-electron chi connectivity index (χ2n) is 3.18. The lowest BCUT2D eigenvalue weighted by Gasteiger charge is -2.23. The standard InChI is InChI=1S/C10H22N2O3/c1-5-11-9(13)7-12(6-2)8-10(14-3)15-4/h10H,5-8H2,1-4H3,(H,11,13). The van der Waals surface area contributed by atoms with E-state index in [2.05, 4.69) is 5.32 Å². The van der Waals surface area contributed by atoms with Gasteiger partial charge in [0.25, 0.3) is 0 Å². The second kappa shape index (κ2) is 8.64. The van der Waals surface area contributed by atoms with E-state index in [4.69, 9.17) is 9.47 Å². The summed E-state index contributed by atoms with van der Waals surface area (Å²) in [5, 5.41) is 2.76. The molecule has 0 heterocycles. The zero-order valence-electron chi connectivity index (χ0n) is 10.1. The maximum absolute atomic E-state index is 11.3. The third-order valence-corrected chi connectivity index (χ3v) is 2.12. The van der Waals surface area contributed by atoms with Gasteiger partial charge < -0.3 is 14.8 Å². The molecule has 1 N–H and O–H groups in total. The van der Waals surface area contributed by atoms with Crippen LogP contribution in [-0.2, 0) is 14.3 Å². The lowest BCUT2D eigenvalue weighted by molar-refractivity contribution is -0.129. The van der Waals surface area contributed by atoms with Gasteiger partial charge >= 0.3 is 0 Å². The molecule has 0 aliphatic heterocycles. The summed E-state index contributed by atoms with van der Waals surface area (Å²) in [6.07, 6.45) is -0.278. The first kappa shape index (κ1) is 14.3. The third-order valence-electron chi connectivity index (χ3n) is 2.12. The van der Waals surface area contributed by atoms with Crippen molar-refractivity contribution in [1.82, 2.24) is 10.2 Å². The van der Waals surface area contributed by atoms with E-state index in [1.807, 2.05) is 18.7 Å². The summed E-state index contributed by atoms with van der Waals surface area (Å²) in [7, 11) is 3.18. The fourth-order valence-electron chi connectivity index (χ4n) is 1.22. The Kier molecular flexibility index (Phi) is 8.27. The van der Waals surface area contributed by atoms with E-state index in [0.29, 0.717) is 19.6 Å². The van der Waals surface area contributed by atoms with Crippen molar-refractivity contribution >= 4 is 5.91 Å². The van der Waals surface area contributed by atoms with Gasteiger partial charge in [-0.25, -0.2) is 0 Å². The Balaban J connectivity index is 3.95. The summed E-state index contributed by atoms with van der Waals surface area (Å²) in [6, 6.07) is 0. The number of carbonyl (C=O) groups excluding carboxylic acids is 1. The zero-order valence-corrected chi connectivity index (χ0v) is 10.1. The topological polar surface area (TPSA) is 50.8 Å². The normalized spacial score (nSPS) is 11.1. The third kappa shape index (κ3) is 6.43. The second-order valence-corrected chi connectivity index (χ2v) is 3.18. The molecular weight excluding hydrogens is 196 g/mol. The SMILES string of the molecule is CCNC(=O)CN(CC)CC(OC)OC. The molecule has 15 heavy (non-hydrogen) atoms. The van der Waals surface area contributed by atoms with Gasteiger partial charge in [-0.05, 0) is 13.5 Å². The maximum atomic E-state index is 11.3. The molecule has 0 saturated carbocycles. The molecule has 0 unspecified atom stereocenters. The van der Waals surface area contributed by atoms with Gasteiger partial charge in [0.15, 0.2) is 6.29 Å². The minimum absolute atomic E-state index is 0.0327. The van der Waals surface area contributed by atoms with E-state index >= 15 is 0 Å². The average Bonchev–Trinajstić information content (AvgIpc) is 2.24. The summed E-state index contributed by atoms with van der Waals surface area (Å²) in [6.45, 7) is 6.34. The van der Waals surface area contributed by atoms with Crippen LogP contribution >= 0.6 is 0 Å². The van der Waals surface area contributed by atoms with E-state index in [-0.39, 0.29) is 12.2 Å². The molecule has 0 aromatic rings. The van der Waals surface area contributed by atoms with E-state index < -0.39 is 0 Å². The van der Waals surface area contributed by atoms with Crippen LogP contribution in [0.1, 0.15) is 13.8 Å². The van der Waals surface area contributed by atoms with Crippen LogP contribution in [0.4, 0.5) is 0 Å². The fourth-order valence-corrected chi connectivity index (χ4v) is 1.22. The van der Waals surface area contributed by atoms with Gasteiger partial charge in [0.05, 0.1) is 6.54 Å². The fraction of sp³-hybridized carbons (Fsp3) is 0.900. The molecule has 0 rings (SSSR count). The van der Waals surface area contributed by atoms with E-state index in [1.165, 1.54) is 0 Å². The van der Waals surface area contributed by atoms with Crippen molar-refractivity contribution in [2.45, 2.75) is 20.1 Å². The summed E-state index contributed by atoms with van der Waals surface area (Å²) in [5.41, 5.74) is 0. The first-order valence-electron chi connectivity index (χ1n) is 5.22. The first-order chi connectivity index (χ1) is 7.17. The summed E-state index contributed by atoms with van der Waals surface area (Å²) in [5.74, 6) is 0.0327. The minimum Gasteiger partial charge on any atom is -0.355 e. The van der Waals surface area contributed by atoms with Gasteiger partial charge in [-0.15, -0.1) is 0 Å². The Labute approximate surface area is 91.7 Å². The highest BCUT2D eigenvalue weighted by atomic mass is 16.7. The number of carbonyl (C=O) groups is 1. The molecule has 0 aliphatic rings. The van der Waals surface area contributed by atoms with Crippen LogP contribution in [0.25, 0.3) is 0 Å². The quantitative estimate of drug-likeness (QED) is 0.585. The van der Waals surface area contributed by atoms with Crippen molar-refractivity contribution in [3.63, 3.8) is 0 Å². The molecule has 0 aromatic heterocycles. The number of nitrogens with one attached hydrogen (secondary N) is 1. The number of likely N-dealkylation sites (N-methyl/N-ethyl adjacent to an activating group) is 2. The van der Waals surface area contributed by atoms with Crippen molar-refractivity contribution in [2.75, 3.05) is 40.4 Å². The molecule has 90 valence electrons. The average molecular weight is 218 g/mol. The Morgan fingerprint density at radius 1 is 1.33 bits per heavy atom. The van der Waals surface area contributed by atoms with Crippen LogP contribution in [0.2, 0.25) is 0 Å². The molecule has 0 spiro atoms. The van der Waals surface area contributed by atoms with Crippen molar-refractivity contribution < 1.29 is 14.3 Å². The minimum atomic E-state index is -0.278. The summed E-state index contributed by atoms with van der Waals surface area (Å²) < 4.78 is 10.2. The first-order valence-corrected chi connectivity index (χ1v) is 5.22. The Hall–Kier alpha value is -0.650. The van der Waals surface area contributed by atoms with Gasteiger partial charge in [0, 0.05) is 27.3 Å². The van der Waals surface area contributed by atoms with Crippen LogP contribution in [0.3, 0.4) is 0 Å². The summed E-state index contributed by atoms with van der Waals surface area (Å²) >= 11 is 0. The molecule has 0 fully saturated rings. The molecule has 0 aromatic carbocycles. The lowest BCUT2D eigenvalue weighted by atomic mass is 10.4. The molecule has 0 bridgehead atoms. The maximum Gasteiger partial charge on any atom is 0.234 e. The van der Waals surface area contributed by atoms with E-state index in [9.17, 15) is 4.79 Å². The Morgan fingerprint density at radius 2 is 1.93 bits per heavy atom. The molecule has 0 saturated heterocycles. The number of rotatable bonds is 8. The zero-order chi connectivity index (χ0) is 11.7. The van der Waals surface area contributed by atoms with Crippen LogP contribution in [-0.4, -0.2) is 57.5 Å². The highest BCUT2D eigenvalue weighted by molar-refractivity contribution is 5.77. The highest BCUT2D eigenvalue weighted by Crippen LogP contribution is 1.96.